The van der Waals surface area contributed by atoms with E-state index in [2.05, 4.69) is 10.3 Å². The van der Waals surface area contributed by atoms with Gasteiger partial charge in [0, 0.05) is 30.4 Å². The number of fused-ring (bicyclic) bond motifs is 1. The number of pyridine rings is 1. The van der Waals surface area contributed by atoms with Crippen LogP contribution in [0.15, 0.2) is 65.7 Å². The van der Waals surface area contributed by atoms with Gasteiger partial charge in [0.2, 0.25) is 10.0 Å². The first-order valence-electron chi connectivity index (χ1n) is 10.3. The molecule has 0 bridgehead atoms. The normalized spacial score (nSPS) is 19.6. The molecule has 168 valence electrons. The monoisotopic (exact) mass is 455 g/mol. The number of nitrogens with zero attached hydrogens (tertiary/aromatic N) is 2. The summed E-state index contributed by atoms with van der Waals surface area (Å²) in [6.45, 7) is 4.14. The summed E-state index contributed by atoms with van der Waals surface area (Å²) < 4.78 is 38.6. The number of benzene rings is 2. The van der Waals surface area contributed by atoms with Gasteiger partial charge in [-0.1, -0.05) is 18.2 Å². The summed E-state index contributed by atoms with van der Waals surface area (Å²) in [6, 6.07) is 15.4. The highest BCUT2D eigenvalue weighted by Crippen LogP contribution is 2.24. The zero-order chi connectivity index (χ0) is 22.7. The molecule has 1 saturated heterocycles. The van der Waals surface area contributed by atoms with Crippen LogP contribution in [0.1, 0.15) is 13.8 Å². The van der Waals surface area contributed by atoms with Gasteiger partial charge < -0.3 is 14.8 Å². The van der Waals surface area contributed by atoms with Crippen LogP contribution in [0.25, 0.3) is 10.9 Å². The molecule has 1 amide bonds. The molecule has 2 aromatic carbocycles. The number of amides is 1. The van der Waals surface area contributed by atoms with E-state index in [4.69, 9.17) is 9.47 Å². The Hall–Kier alpha value is -3.01. The highest BCUT2D eigenvalue weighted by molar-refractivity contribution is 7.89. The molecule has 3 aromatic rings. The molecule has 2 heterocycles. The lowest BCUT2D eigenvalue weighted by atomic mass is 10.2. The Morgan fingerprint density at radius 1 is 1.09 bits per heavy atom. The summed E-state index contributed by atoms with van der Waals surface area (Å²) >= 11 is 0. The van der Waals surface area contributed by atoms with Crippen molar-refractivity contribution >= 4 is 32.5 Å². The number of nitrogens with one attached hydrogen (secondary N) is 1. The molecule has 1 aromatic heterocycles. The molecule has 0 unspecified atom stereocenters. The maximum atomic E-state index is 12.9. The van der Waals surface area contributed by atoms with Crippen molar-refractivity contribution in [3.8, 4) is 5.75 Å². The minimum atomic E-state index is -3.63. The van der Waals surface area contributed by atoms with E-state index in [0.29, 0.717) is 30.0 Å². The summed E-state index contributed by atoms with van der Waals surface area (Å²) in [7, 11) is -3.63. The maximum Gasteiger partial charge on any atom is 0.262 e. The number of hydrogen-bond acceptors (Lipinski definition) is 6. The first kappa shape index (κ1) is 22.2. The molecule has 0 spiro atoms. The van der Waals surface area contributed by atoms with Crippen molar-refractivity contribution in [1.29, 1.82) is 0 Å². The fourth-order valence-corrected chi connectivity index (χ4v) is 5.31. The number of aromatic nitrogens is 1. The summed E-state index contributed by atoms with van der Waals surface area (Å²) in [5.41, 5.74) is 1.17. The van der Waals surface area contributed by atoms with E-state index in [0.717, 1.165) is 5.39 Å². The van der Waals surface area contributed by atoms with Crippen LogP contribution < -0.4 is 10.1 Å². The summed E-state index contributed by atoms with van der Waals surface area (Å²) in [5.74, 6) is 0.165. The third kappa shape index (κ3) is 4.90. The van der Waals surface area contributed by atoms with E-state index >= 15 is 0 Å². The number of hydrogen-bond donors (Lipinski definition) is 1. The SMILES string of the molecule is C[C@H]1CN(S(=O)(=O)c2ccc(NC(=O)COc3cccc4cccnc34)cc2)C[C@H](C)O1. The number of carbonyl (C=O) groups is 1. The molecule has 8 nitrogen and oxygen atoms in total. The Bertz CT molecular complexity index is 1200. The van der Waals surface area contributed by atoms with Crippen LogP contribution in [-0.2, 0) is 19.6 Å². The van der Waals surface area contributed by atoms with Crippen LogP contribution in [0.5, 0.6) is 5.75 Å². The molecule has 1 aliphatic heterocycles. The third-order valence-electron chi connectivity index (χ3n) is 5.12. The number of ether oxygens (including phenoxy) is 2. The number of carbonyl (C=O) groups excluding carboxylic acids is 1. The Labute approximate surface area is 187 Å². The quantitative estimate of drug-likeness (QED) is 0.614. The minimum absolute atomic E-state index is 0.163. The second-order valence-electron chi connectivity index (χ2n) is 7.77. The molecular weight excluding hydrogens is 430 g/mol. The molecular formula is C23H25N3O5S. The number of anilines is 1. The molecule has 1 fully saturated rings. The van der Waals surface area contributed by atoms with E-state index in [9.17, 15) is 13.2 Å². The van der Waals surface area contributed by atoms with Crippen molar-refractivity contribution in [2.24, 2.45) is 0 Å². The van der Waals surface area contributed by atoms with Crippen LogP contribution in [0.3, 0.4) is 0 Å². The topological polar surface area (TPSA) is 97.8 Å². The Morgan fingerprint density at radius 3 is 2.50 bits per heavy atom. The van der Waals surface area contributed by atoms with Gasteiger partial charge >= 0.3 is 0 Å². The molecule has 0 saturated carbocycles. The van der Waals surface area contributed by atoms with E-state index in [1.165, 1.54) is 16.4 Å². The van der Waals surface area contributed by atoms with Gasteiger partial charge in [0.1, 0.15) is 11.3 Å². The highest BCUT2D eigenvalue weighted by atomic mass is 32.2. The molecule has 1 N–H and O–H groups in total. The molecule has 32 heavy (non-hydrogen) atoms. The lowest BCUT2D eigenvalue weighted by Gasteiger charge is -2.34. The van der Waals surface area contributed by atoms with Gasteiger partial charge in [-0.05, 0) is 50.2 Å². The predicted octanol–water partition coefficient (Wildman–Crippen LogP) is 3.05. The Balaban J connectivity index is 1.38. The minimum Gasteiger partial charge on any atom is -0.481 e. The summed E-state index contributed by atoms with van der Waals surface area (Å²) in [6.07, 6.45) is 1.34. The summed E-state index contributed by atoms with van der Waals surface area (Å²) in [4.78, 5) is 16.8. The van der Waals surface area contributed by atoms with Crippen LogP contribution in [0.2, 0.25) is 0 Å². The molecule has 2 atom stereocenters. The van der Waals surface area contributed by atoms with Crippen molar-refractivity contribution in [2.45, 2.75) is 31.0 Å². The maximum absolute atomic E-state index is 12.9. The van der Waals surface area contributed by atoms with Gasteiger partial charge in [-0.2, -0.15) is 4.31 Å². The van der Waals surface area contributed by atoms with Crippen LogP contribution in [0, 0.1) is 0 Å². The first-order valence-corrected chi connectivity index (χ1v) is 11.8. The fraction of sp³-hybridized carbons (Fsp3) is 0.304. The zero-order valence-corrected chi connectivity index (χ0v) is 18.7. The lowest BCUT2D eigenvalue weighted by molar-refractivity contribution is -0.118. The van der Waals surface area contributed by atoms with Crippen LogP contribution in [-0.4, -0.2) is 55.5 Å². The van der Waals surface area contributed by atoms with Gasteiger partial charge in [-0.25, -0.2) is 8.42 Å². The van der Waals surface area contributed by atoms with Crippen molar-refractivity contribution in [3.63, 3.8) is 0 Å². The van der Waals surface area contributed by atoms with Crippen LogP contribution >= 0.6 is 0 Å². The van der Waals surface area contributed by atoms with E-state index in [1.807, 2.05) is 38.1 Å². The van der Waals surface area contributed by atoms with Gasteiger partial charge in [-0.3, -0.25) is 9.78 Å². The van der Waals surface area contributed by atoms with Crippen molar-refractivity contribution in [1.82, 2.24) is 9.29 Å². The standard InChI is InChI=1S/C23H25N3O5S/c1-16-13-26(14-17(2)31-16)32(28,29)20-10-8-19(9-11-20)25-22(27)15-30-21-7-3-5-18-6-4-12-24-23(18)21/h3-12,16-17H,13-15H2,1-2H3,(H,25,27)/t16-,17-/m0/s1. The molecule has 4 rings (SSSR count). The second kappa shape index (κ2) is 9.23. The van der Waals surface area contributed by atoms with Crippen molar-refractivity contribution < 1.29 is 22.7 Å². The largest absolute Gasteiger partial charge is 0.481 e. The van der Waals surface area contributed by atoms with Crippen molar-refractivity contribution in [2.75, 3.05) is 25.0 Å². The van der Waals surface area contributed by atoms with E-state index in [-0.39, 0.29) is 29.6 Å². The average Bonchev–Trinajstić information content (AvgIpc) is 2.77. The van der Waals surface area contributed by atoms with Crippen LogP contribution in [0.4, 0.5) is 5.69 Å². The first-order chi connectivity index (χ1) is 15.3. The lowest BCUT2D eigenvalue weighted by Crippen LogP contribution is -2.48. The van der Waals surface area contributed by atoms with E-state index in [1.54, 1.807) is 24.4 Å². The Kier molecular flexibility index (Phi) is 6.40. The smallest absolute Gasteiger partial charge is 0.262 e. The predicted molar refractivity (Wildman–Crippen MR) is 121 cm³/mol. The van der Waals surface area contributed by atoms with Gasteiger partial charge in [0.05, 0.1) is 17.1 Å². The van der Waals surface area contributed by atoms with Gasteiger partial charge in [-0.15, -0.1) is 0 Å². The molecule has 9 heteroatoms. The average molecular weight is 456 g/mol. The van der Waals surface area contributed by atoms with Gasteiger partial charge in [0.15, 0.2) is 6.61 Å². The fourth-order valence-electron chi connectivity index (χ4n) is 3.72. The Morgan fingerprint density at radius 2 is 1.78 bits per heavy atom. The van der Waals surface area contributed by atoms with Gasteiger partial charge in [0.25, 0.3) is 5.91 Å². The molecule has 0 radical (unpaired) electrons. The van der Waals surface area contributed by atoms with Crippen molar-refractivity contribution in [3.05, 3.63) is 60.8 Å². The molecule has 1 aliphatic rings. The number of para-hydroxylation sites is 1. The zero-order valence-electron chi connectivity index (χ0n) is 17.9. The summed E-state index contributed by atoms with van der Waals surface area (Å²) in [5, 5.41) is 3.64. The second-order valence-corrected chi connectivity index (χ2v) is 9.71. The highest BCUT2D eigenvalue weighted by Gasteiger charge is 2.32. The number of sulfonamides is 1. The number of morpholine rings is 1. The van der Waals surface area contributed by atoms with E-state index < -0.39 is 10.0 Å². The number of rotatable bonds is 6. The third-order valence-corrected chi connectivity index (χ3v) is 6.96. The molecule has 0 aliphatic carbocycles.